The molecule has 0 radical (unpaired) electrons. The fourth-order valence-electron chi connectivity index (χ4n) is 3.87. The summed E-state index contributed by atoms with van der Waals surface area (Å²) in [6.07, 6.45) is 0. The minimum atomic E-state index is -0.344. The van der Waals surface area contributed by atoms with Gasteiger partial charge in [0, 0.05) is 18.8 Å². The Labute approximate surface area is 170 Å². The minimum Gasteiger partial charge on any atom is -0.420 e. The zero-order valence-corrected chi connectivity index (χ0v) is 16.5. The number of nitriles is 1. The van der Waals surface area contributed by atoms with Crippen LogP contribution in [0.1, 0.15) is 30.9 Å². The zero-order valence-electron chi connectivity index (χ0n) is 16.5. The largest absolute Gasteiger partial charge is 0.420 e. The Morgan fingerprint density at radius 1 is 1.10 bits per heavy atom. The molecule has 0 saturated heterocycles. The first-order valence-corrected chi connectivity index (χ1v) is 9.74. The van der Waals surface area contributed by atoms with E-state index in [9.17, 15) is 5.26 Å². The molecule has 0 saturated carbocycles. The number of fused-ring (bicyclic) bond motifs is 1. The SMILES string of the molecule is CCN(CC)c1ccc(C2C(C#N)=C(N)Oc3n[nH]c(-c4ccccc4)c32)cc1. The number of allylic oxidation sites excluding steroid dienone is 1. The van der Waals surface area contributed by atoms with Crippen molar-refractivity contribution in [2.75, 3.05) is 18.0 Å². The molecule has 0 spiro atoms. The van der Waals surface area contributed by atoms with Crippen molar-refractivity contribution in [2.24, 2.45) is 5.73 Å². The number of rotatable bonds is 5. The quantitative estimate of drug-likeness (QED) is 0.689. The monoisotopic (exact) mass is 385 g/mol. The standard InChI is InChI=1S/C23H23N5O/c1-3-28(4-2)17-12-10-15(11-13-17)19-18(14-24)22(25)29-23-20(19)21(26-27-23)16-8-6-5-7-9-16/h5-13,19H,3-4,25H2,1-2H3,(H,26,27). The fraction of sp³-hybridized carbons (Fsp3) is 0.217. The van der Waals surface area contributed by atoms with E-state index in [1.165, 1.54) is 0 Å². The van der Waals surface area contributed by atoms with Crippen LogP contribution in [0.3, 0.4) is 0 Å². The van der Waals surface area contributed by atoms with Crippen LogP contribution in [0.2, 0.25) is 0 Å². The van der Waals surface area contributed by atoms with E-state index < -0.39 is 0 Å². The van der Waals surface area contributed by atoms with Crippen molar-refractivity contribution >= 4 is 5.69 Å². The third-order valence-electron chi connectivity index (χ3n) is 5.36. The number of nitrogens with zero attached hydrogens (tertiary/aromatic N) is 3. The zero-order chi connectivity index (χ0) is 20.4. The van der Waals surface area contributed by atoms with Gasteiger partial charge in [0.25, 0.3) is 0 Å². The first-order valence-electron chi connectivity index (χ1n) is 9.74. The van der Waals surface area contributed by atoms with Gasteiger partial charge in [-0.3, -0.25) is 5.10 Å². The molecule has 1 aromatic heterocycles. The molecule has 29 heavy (non-hydrogen) atoms. The average Bonchev–Trinajstić information content (AvgIpc) is 3.18. The summed E-state index contributed by atoms with van der Waals surface area (Å²) in [5, 5.41) is 17.2. The number of benzene rings is 2. The van der Waals surface area contributed by atoms with Crippen LogP contribution in [-0.4, -0.2) is 23.3 Å². The normalized spacial score (nSPS) is 15.4. The van der Waals surface area contributed by atoms with Crippen molar-refractivity contribution in [3.8, 4) is 23.2 Å². The molecule has 1 atom stereocenters. The molecule has 0 aliphatic carbocycles. The summed E-state index contributed by atoms with van der Waals surface area (Å²) in [5.74, 6) is 0.172. The van der Waals surface area contributed by atoms with Crippen molar-refractivity contribution < 1.29 is 4.74 Å². The van der Waals surface area contributed by atoms with E-state index in [2.05, 4.69) is 59.3 Å². The number of aromatic amines is 1. The van der Waals surface area contributed by atoms with Gasteiger partial charge in [0.2, 0.25) is 11.8 Å². The molecule has 1 aliphatic rings. The Kier molecular flexibility index (Phi) is 4.96. The lowest BCUT2D eigenvalue weighted by Gasteiger charge is -2.25. The van der Waals surface area contributed by atoms with Gasteiger partial charge < -0.3 is 15.4 Å². The van der Waals surface area contributed by atoms with Crippen molar-refractivity contribution in [1.82, 2.24) is 10.2 Å². The highest BCUT2D eigenvalue weighted by Gasteiger charge is 2.35. The van der Waals surface area contributed by atoms with E-state index in [-0.39, 0.29) is 11.8 Å². The van der Waals surface area contributed by atoms with E-state index in [1.54, 1.807) is 0 Å². The molecule has 6 heteroatoms. The maximum atomic E-state index is 9.83. The fourth-order valence-corrected chi connectivity index (χ4v) is 3.87. The molecule has 2 aromatic carbocycles. The van der Waals surface area contributed by atoms with Crippen LogP contribution in [0.25, 0.3) is 11.3 Å². The lowest BCUT2D eigenvalue weighted by molar-refractivity contribution is 0.379. The van der Waals surface area contributed by atoms with Crippen molar-refractivity contribution in [3.63, 3.8) is 0 Å². The number of nitrogens with two attached hydrogens (primary N) is 1. The van der Waals surface area contributed by atoms with Crippen LogP contribution in [0, 0.1) is 11.3 Å². The molecule has 0 amide bonds. The van der Waals surface area contributed by atoms with Crippen LogP contribution in [-0.2, 0) is 0 Å². The lowest BCUT2D eigenvalue weighted by Crippen LogP contribution is -2.22. The molecular formula is C23H23N5O. The third kappa shape index (κ3) is 3.21. The predicted octanol–water partition coefficient (Wildman–Crippen LogP) is 4.14. The summed E-state index contributed by atoms with van der Waals surface area (Å²) in [4.78, 5) is 2.28. The summed E-state index contributed by atoms with van der Waals surface area (Å²) in [6, 6.07) is 20.4. The molecule has 2 heterocycles. The Balaban J connectivity index is 1.85. The number of hydrogen-bond donors (Lipinski definition) is 2. The molecule has 3 aromatic rings. The Morgan fingerprint density at radius 2 is 1.79 bits per heavy atom. The van der Waals surface area contributed by atoms with Gasteiger partial charge in [-0.25, -0.2) is 0 Å². The second-order valence-electron chi connectivity index (χ2n) is 6.87. The second kappa shape index (κ2) is 7.72. The topological polar surface area (TPSA) is 91.0 Å². The van der Waals surface area contributed by atoms with Gasteiger partial charge in [0.1, 0.15) is 11.6 Å². The second-order valence-corrected chi connectivity index (χ2v) is 6.87. The molecule has 1 aliphatic heterocycles. The van der Waals surface area contributed by atoms with Crippen LogP contribution in [0.4, 0.5) is 5.69 Å². The first kappa shape index (κ1) is 18.6. The van der Waals surface area contributed by atoms with Crippen molar-refractivity contribution in [3.05, 3.63) is 77.2 Å². The van der Waals surface area contributed by atoms with Crippen LogP contribution in [0.5, 0.6) is 5.88 Å². The molecule has 1 unspecified atom stereocenters. The number of hydrogen-bond acceptors (Lipinski definition) is 5. The summed E-state index contributed by atoms with van der Waals surface area (Å²) < 4.78 is 5.67. The molecule has 3 N–H and O–H groups in total. The number of H-pyrrole nitrogens is 1. The number of anilines is 1. The highest BCUT2D eigenvalue weighted by atomic mass is 16.5. The van der Waals surface area contributed by atoms with E-state index >= 15 is 0 Å². The summed E-state index contributed by atoms with van der Waals surface area (Å²) in [6.45, 7) is 6.15. The van der Waals surface area contributed by atoms with E-state index in [0.717, 1.165) is 41.2 Å². The highest BCUT2D eigenvalue weighted by Crippen LogP contribution is 2.45. The van der Waals surface area contributed by atoms with Crippen LogP contribution in [0.15, 0.2) is 66.1 Å². The van der Waals surface area contributed by atoms with Crippen LogP contribution < -0.4 is 15.4 Å². The lowest BCUT2D eigenvalue weighted by atomic mass is 9.83. The molecule has 6 nitrogen and oxygen atoms in total. The Morgan fingerprint density at radius 3 is 2.41 bits per heavy atom. The minimum absolute atomic E-state index is 0.101. The smallest absolute Gasteiger partial charge is 0.244 e. The van der Waals surface area contributed by atoms with E-state index in [1.807, 2.05) is 30.3 Å². The van der Waals surface area contributed by atoms with Gasteiger partial charge in [-0.1, -0.05) is 42.5 Å². The molecule has 0 bridgehead atoms. The van der Waals surface area contributed by atoms with Crippen LogP contribution >= 0.6 is 0 Å². The van der Waals surface area contributed by atoms with E-state index in [4.69, 9.17) is 10.5 Å². The first-order chi connectivity index (χ1) is 14.2. The van der Waals surface area contributed by atoms with Gasteiger partial charge in [-0.05, 0) is 37.1 Å². The average molecular weight is 385 g/mol. The highest BCUT2D eigenvalue weighted by molar-refractivity contribution is 5.71. The van der Waals surface area contributed by atoms with Gasteiger partial charge in [-0.15, -0.1) is 5.10 Å². The van der Waals surface area contributed by atoms with E-state index in [0.29, 0.717) is 11.5 Å². The predicted molar refractivity (Wildman–Crippen MR) is 113 cm³/mol. The summed E-state index contributed by atoms with van der Waals surface area (Å²) in [7, 11) is 0. The number of ether oxygens (including phenoxy) is 1. The molecule has 0 fully saturated rings. The summed E-state index contributed by atoms with van der Waals surface area (Å²) in [5.41, 5.74) is 11.2. The van der Waals surface area contributed by atoms with Gasteiger partial charge in [0.05, 0.1) is 17.2 Å². The number of nitrogens with one attached hydrogen (secondary N) is 1. The van der Waals surface area contributed by atoms with Crippen molar-refractivity contribution in [2.45, 2.75) is 19.8 Å². The van der Waals surface area contributed by atoms with Crippen molar-refractivity contribution in [1.29, 1.82) is 5.26 Å². The maximum absolute atomic E-state index is 9.83. The Bertz CT molecular complexity index is 1070. The Hall–Kier alpha value is -3.72. The maximum Gasteiger partial charge on any atom is 0.244 e. The molecule has 4 rings (SSSR count). The van der Waals surface area contributed by atoms with Gasteiger partial charge >= 0.3 is 0 Å². The molecular weight excluding hydrogens is 362 g/mol. The molecule has 146 valence electrons. The number of aromatic nitrogens is 2. The third-order valence-corrected chi connectivity index (χ3v) is 5.36. The summed E-state index contributed by atoms with van der Waals surface area (Å²) >= 11 is 0. The van der Waals surface area contributed by atoms with Gasteiger partial charge in [-0.2, -0.15) is 5.26 Å². The van der Waals surface area contributed by atoms with Gasteiger partial charge in [0.15, 0.2) is 0 Å².